The van der Waals surface area contributed by atoms with Crippen molar-refractivity contribution in [1.29, 1.82) is 5.26 Å². The van der Waals surface area contributed by atoms with E-state index in [2.05, 4.69) is 5.32 Å². The molecule has 2 aromatic rings. The maximum Gasteiger partial charge on any atom is 0.321 e. The molecule has 0 spiro atoms. The number of nitrogens with one attached hydrogen (secondary N) is 1. The normalized spacial score (nSPS) is 17.9. The van der Waals surface area contributed by atoms with Crippen LogP contribution in [0.15, 0.2) is 59.5 Å². The van der Waals surface area contributed by atoms with Crippen LogP contribution in [-0.4, -0.2) is 49.3 Å². The third-order valence-corrected chi connectivity index (χ3v) is 6.46. The summed E-state index contributed by atoms with van der Waals surface area (Å²) in [6.07, 6.45) is 0. The molecule has 7 nitrogen and oxygen atoms in total. The number of nitrogens with zero attached hydrogens (tertiary/aromatic N) is 3. The quantitative estimate of drug-likeness (QED) is 0.880. The molecule has 3 rings (SSSR count). The number of hydrogen-bond donors (Lipinski definition) is 1. The first kappa shape index (κ1) is 18.9. The summed E-state index contributed by atoms with van der Waals surface area (Å²) in [5, 5.41) is 11.8. The van der Waals surface area contributed by atoms with Crippen LogP contribution in [0.2, 0.25) is 0 Å². The molecular formula is C19H20N4O3S. The lowest BCUT2D eigenvalue weighted by Crippen LogP contribution is -2.56. The number of nitriles is 1. The number of para-hydroxylation sites is 1. The highest BCUT2D eigenvalue weighted by Gasteiger charge is 2.35. The molecule has 2 aromatic carbocycles. The summed E-state index contributed by atoms with van der Waals surface area (Å²) >= 11 is 0. The monoisotopic (exact) mass is 384 g/mol. The lowest BCUT2D eigenvalue weighted by Gasteiger charge is -2.38. The van der Waals surface area contributed by atoms with Crippen molar-refractivity contribution in [2.45, 2.75) is 17.9 Å². The molecular weight excluding hydrogens is 364 g/mol. The zero-order valence-corrected chi connectivity index (χ0v) is 15.7. The van der Waals surface area contributed by atoms with Crippen LogP contribution in [0.5, 0.6) is 0 Å². The van der Waals surface area contributed by atoms with Gasteiger partial charge in [0.25, 0.3) is 0 Å². The molecule has 1 N–H and O–H groups in total. The van der Waals surface area contributed by atoms with E-state index in [1.165, 1.54) is 16.4 Å². The van der Waals surface area contributed by atoms with E-state index in [-0.39, 0.29) is 30.1 Å². The van der Waals surface area contributed by atoms with E-state index >= 15 is 0 Å². The van der Waals surface area contributed by atoms with Gasteiger partial charge in [-0.05, 0) is 37.3 Å². The Morgan fingerprint density at radius 1 is 1.15 bits per heavy atom. The fourth-order valence-electron chi connectivity index (χ4n) is 3.07. The van der Waals surface area contributed by atoms with Crippen LogP contribution in [0, 0.1) is 11.3 Å². The Balaban J connectivity index is 1.71. The summed E-state index contributed by atoms with van der Waals surface area (Å²) in [4.78, 5) is 14.1. The van der Waals surface area contributed by atoms with Crippen molar-refractivity contribution in [3.8, 4) is 6.07 Å². The Morgan fingerprint density at radius 3 is 2.56 bits per heavy atom. The second-order valence-corrected chi connectivity index (χ2v) is 8.24. The fraction of sp³-hybridized carbons (Fsp3) is 0.263. The van der Waals surface area contributed by atoms with Gasteiger partial charge in [0.15, 0.2) is 0 Å². The minimum absolute atomic E-state index is 0.0931. The van der Waals surface area contributed by atoms with E-state index in [0.29, 0.717) is 17.8 Å². The summed E-state index contributed by atoms with van der Waals surface area (Å²) < 4.78 is 27.2. The molecule has 140 valence electrons. The predicted octanol–water partition coefficient (Wildman–Crippen LogP) is 2.49. The molecule has 0 aliphatic carbocycles. The van der Waals surface area contributed by atoms with Crippen LogP contribution < -0.4 is 5.32 Å². The Kier molecular flexibility index (Phi) is 5.44. The van der Waals surface area contributed by atoms with Crippen LogP contribution in [0.3, 0.4) is 0 Å². The van der Waals surface area contributed by atoms with E-state index in [1.54, 1.807) is 36.1 Å². The fourth-order valence-corrected chi connectivity index (χ4v) is 4.73. The summed E-state index contributed by atoms with van der Waals surface area (Å²) in [6.45, 7) is 2.55. The van der Waals surface area contributed by atoms with Crippen LogP contribution in [0.25, 0.3) is 0 Å². The van der Waals surface area contributed by atoms with Crippen molar-refractivity contribution in [1.82, 2.24) is 9.21 Å². The molecule has 1 aliphatic heterocycles. The van der Waals surface area contributed by atoms with Crippen molar-refractivity contribution < 1.29 is 13.2 Å². The Labute approximate surface area is 158 Å². The van der Waals surface area contributed by atoms with E-state index in [9.17, 15) is 13.2 Å². The summed E-state index contributed by atoms with van der Waals surface area (Å²) in [7, 11) is -3.73. The van der Waals surface area contributed by atoms with Gasteiger partial charge in [-0.3, -0.25) is 0 Å². The van der Waals surface area contributed by atoms with Gasteiger partial charge in [-0.25, -0.2) is 13.2 Å². The zero-order valence-electron chi connectivity index (χ0n) is 14.9. The molecule has 1 atom stereocenters. The van der Waals surface area contributed by atoms with Crippen molar-refractivity contribution in [3.63, 3.8) is 0 Å². The number of carbonyl (C=O) groups is 1. The van der Waals surface area contributed by atoms with Gasteiger partial charge in [0.05, 0.1) is 16.5 Å². The standard InChI is InChI=1S/C19H20N4O3S/c1-15-14-22(19(24)21-17-7-3-2-4-8-17)10-11-23(15)27(25,26)18-9-5-6-16(12-18)13-20/h2-9,12,15H,10-11,14H2,1H3,(H,21,24). The number of rotatable bonds is 3. The molecule has 1 unspecified atom stereocenters. The molecule has 0 radical (unpaired) electrons. The van der Waals surface area contributed by atoms with Gasteiger partial charge in [-0.1, -0.05) is 24.3 Å². The minimum Gasteiger partial charge on any atom is -0.322 e. The number of hydrogen-bond acceptors (Lipinski definition) is 4. The number of anilines is 1. The Bertz CT molecular complexity index is 970. The van der Waals surface area contributed by atoms with Crippen LogP contribution in [0.1, 0.15) is 12.5 Å². The second kappa shape index (κ2) is 7.78. The second-order valence-electron chi connectivity index (χ2n) is 6.35. The molecule has 1 heterocycles. The number of piperazine rings is 1. The lowest BCUT2D eigenvalue weighted by molar-refractivity contribution is 0.157. The van der Waals surface area contributed by atoms with Gasteiger partial charge in [-0.15, -0.1) is 0 Å². The minimum atomic E-state index is -3.73. The SMILES string of the molecule is CC1CN(C(=O)Nc2ccccc2)CCN1S(=O)(=O)c1cccc(C#N)c1. The third-order valence-electron chi connectivity index (χ3n) is 4.45. The van der Waals surface area contributed by atoms with Crippen molar-refractivity contribution in [2.24, 2.45) is 0 Å². The highest BCUT2D eigenvalue weighted by atomic mass is 32.2. The van der Waals surface area contributed by atoms with Gasteiger partial charge < -0.3 is 10.2 Å². The van der Waals surface area contributed by atoms with Gasteiger partial charge in [-0.2, -0.15) is 9.57 Å². The topological polar surface area (TPSA) is 93.5 Å². The van der Waals surface area contributed by atoms with E-state index in [0.717, 1.165) is 0 Å². The number of benzene rings is 2. The predicted molar refractivity (Wildman–Crippen MR) is 102 cm³/mol. The molecule has 1 saturated heterocycles. The van der Waals surface area contributed by atoms with Gasteiger partial charge in [0, 0.05) is 31.4 Å². The van der Waals surface area contributed by atoms with Crippen molar-refractivity contribution >= 4 is 21.7 Å². The largest absolute Gasteiger partial charge is 0.322 e. The maximum absolute atomic E-state index is 12.9. The number of sulfonamides is 1. The summed E-state index contributed by atoms with van der Waals surface area (Å²) in [6, 6.07) is 16.4. The van der Waals surface area contributed by atoms with Crippen LogP contribution >= 0.6 is 0 Å². The average molecular weight is 384 g/mol. The maximum atomic E-state index is 12.9. The van der Waals surface area contributed by atoms with Crippen molar-refractivity contribution in [3.05, 3.63) is 60.2 Å². The molecule has 2 amide bonds. The smallest absolute Gasteiger partial charge is 0.321 e. The first-order chi connectivity index (χ1) is 12.9. The Morgan fingerprint density at radius 2 is 1.89 bits per heavy atom. The van der Waals surface area contributed by atoms with Gasteiger partial charge >= 0.3 is 6.03 Å². The number of carbonyl (C=O) groups excluding carboxylic acids is 1. The van der Waals surface area contributed by atoms with Crippen LogP contribution in [-0.2, 0) is 10.0 Å². The molecule has 0 bridgehead atoms. The molecule has 1 fully saturated rings. The Hall–Kier alpha value is -2.89. The zero-order chi connectivity index (χ0) is 19.4. The highest BCUT2D eigenvalue weighted by molar-refractivity contribution is 7.89. The molecule has 0 aromatic heterocycles. The van der Waals surface area contributed by atoms with Gasteiger partial charge in [0.2, 0.25) is 10.0 Å². The molecule has 27 heavy (non-hydrogen) atoms. The molecule has 1 aliphatic rings. The van der Waals surface area contributed by atoms with E-state index in [4.69, 9.17) is 5.26 Å². The molecule has 0 saturated carbocycles. The summed E-state index contributed by atoms with van der Waals surface area (Å²) in [5.41, 5.74) is 0.989. The summed E-state index contributed by atoms with van der Waals surface area (Å²) in [5.74, 6) is 0. The van der Waals surface area contributed by atoms with Crippen LogP contribution in [0.4, 0.5) is 10.5 Å². The lowest BCUT2D eigenvalue weighted by atomic mass is 10.2. The number of amides is 2. The first-order valence-electron chi connectivity index (χ1n) is 8.55. The van der Waals surface area contributed by atoms with Crippen molar-refractivity contribution in [2.75, 3.05) is 25.0 Å². The first-order valence-corrected chi connectivity index (χ1v) is 9.99. The third kappa shape index (κ3) is 4.10. The van der Waals surface area contributed by atoms with E-state index < -0.39 is 10.0 Å². The van der Waals surface area contributed by atoms with Gasteiger partial charge in [0.1, 0.15) is 0 Å². The average Bonchev–Trinajstić information content (AvgIpc) is 2.68. The van der Waals surface area contributed by atoms with E-state index in [1.807, 2.05) is 24.3 Å². The number of urea groups is 1. The molecule has 8 heteroatoms. The highest BCUT2D eigenvalue weighted by Crippen LogP contribution is 2.22.